The fourth-order valence-electron chi connectivity index (χ4n) is 4.44. The zero-order valence-electron chi connectivity index (χ0n) is 15.4. The number of hydrogen-bond donors (Lipinski definition) is 2. The van der Waals surface area contributed by atoms with Crippen molar-refractivity contribution in [1.82, 2.24) is 9.24 Å². The van der Waals surface area contributed by atoms with E-state index in [2.05, 4.69) is 0 Å². The lowest BCUT2D eigenvalue weighted by atomic mass is 9.95. The molecule has 2 aliphatic heterocycles. The highest BCUT2D eigenvalue weighted by Gasteiger charge is 2.32. The van der Waals surface area contributed by atoms with E-state index >= 15 is 4.39 Å². The number of aryl methyl sites for hydroxylation is 1. The van der Waals surface area contributed by atoms with E-state index in [0.29, 0.717) is 41.2 Å². The fraction of sp³-hybridized carbons (Fsp3) is 0.556. The Balaban J connectivity index is 0.00000210. The second-order valence-electron chi connectivity index (χ2n) is 7.65. The first-order valence-electron chi connectivity index (χ1n) is 9.09. The minimum absolute atomic E-state index is 0. The van der Waals surface area contributed by atoms with Crippen molar-refractivity contribution in [2.24, 2.45) is 11.7 Å². The number of nitrogens with zero attached hydrogens (tertiary/aromatic N) is 3. The van der Waals surface area contributed by atoms with Crippen molar-refractivity contribution in [3.8, 4) is 0 Å². The van der Waals surface area contributed by atoms with E-state index in [1.165, 1.54) is 10.6 Å². The first-order valence-corrected chi connectivity index (χ1v) is 9.09. The van der Waals surface area contributed by atoms with E-state index in [1.807, 2.05) is 18.7 Å². The van der Waals surface area contributed by atoms with Crippen molar-refractivity contribution in [2.45, 2.75) is 45.2 Å². The molecular weight excluding hydrogens is 373 g/mol. The summed E-state index contributed by atoms with van der Waals surface area (Å²) < 4.78 is 17.2. The molecule has 27 heavy (non-hydrogen) atoms. The van der Waals surface area contributed by atoms with Gasteiger partial charge in [0.1, 0.15) is 5.82 Å². The zero-order chi connectivity index (χ0) is 18.7. The fourth-order valence-corrected chi connectivity index (χ4v) is 4.44. The minimum atomic E-state index is -0.656. The molecule has 1 saturated heterocycles. The second-order valence-corrected chi connectivity index (χ2v) is 7.65. The highest BCUT2D eigenvalue weighted by molar-refractivity contribution is 5.88. The second kappa shape index (κ2) is 6.83. The molecule has 0 aliphatic carbocycles. The lowest BCUT2D eigenvalue weighted by molar-refractivity contribution is 0.467. The molecule has 0 bridgehead atoms. The van der Waals surface area contributed by atoms with E-state index in [1.54, 1.807) is 0 Å². The van der Waals surface area contributed by atoms with Crippen LogP contribution in [-0.4, -0.2) is 28.4 Å². The molecule has 148 valence electrons. The minimum Gasteiger partial charge on any atom is -0.369 e. The van der Waals surface area contributed by atoms with Gasteiger partial charge in [0.25, 0.3) is 5.56 Å². The van der Waals surface area contributed by atoms with Crippen LogP contribution in [0.3, 0.4) is 0 Å². The molecule has 1 unspecified atom stereocenters. The number of nitrogens with two attached hydrogens (primary N) is 2. The molecule has 0 amide bonds. The van der Waals surface area contributed by atoms with Gasteiger partial charge in [0.05, 0.1) is 16.6 Å². The molecule has 0 spiro atoms. The Morgan fingerprint density at radius 3 is 2.63 bits per heavy atom. The number of aromatic nitrogens is 2. The maximum Gasteiger partial charge on any atom is 0.350 e. The SMILES string of the molecule is CC1CCc2c(N3CC[C@@H]([C@H](C)N)C3)c(F)cc3c(=O)n(N)c(=O)n1c23.Cl. The van der Waals surface area contributed by atoms with Crippen LogP contribution in [0.2, 0.25) is 0 Å². The molecule has 7 nitrogen and oxygen atoms in total. The van der Waals surface area contributed by atoms with Crippen LogP contribution in [-0.2, 0) is 6.42 Å². The molecule has 4 N–H and O–H groups in total. The molecule has 1 aromatic carbocycles. The molecule has 1 fully saturated rings. The van der Waals surface area contributed by atoms with Crippen molar-refractivity contribution < 1.29 is 4.39 Å². The normalized spacial score (nSPS) is 22.7. The van der Waals surface area contributed by atoms with Gasteiger partial charge in [-0.15, -0.1) is 12.4 Å². The summed E-state index contributed by atoms with van der Waals surface area (Å²) in [5.41, 5.74) is 6.59. The van der Waals surface area contributed by atoms with Crippen LogP contribution < -0.4 is 27.7 Å². The molecule has 0 saturated carbocycles. The first-order chi connectivity index (χ1) is 12.3. The standard InChI is InChI=1S/C18H24FN5O2.ClH/c1-9-3-4-12-15-13(17(25)24(21)18(26)23(9)15)7-14(19)16(12)22-6-5-11(8-22)10(2)20;/h7,9-11H,3-6,8,20-21H2,1-2H3;1H/t9?,10-,11+;/m0./s1. The average Bonchev–Trinajstić information content (AvgIpc) is 3.08. The molecule has 3 atom stereocenters. The van der Waals surface area contributed by atoms with Crippen LogP contribution in [0.4, 0.5) is 10.1 Å². The monoisotopic (exact) mass is 397 g/mol. The van der Waals surface area contributed by atoms with E-state index < -0.39 is 17.1 Å². The molecule has 1 aromatic heterocycles. The van der Waals surface area contributed by atoms with Gasteiger partial charge in [-0.1, -0.05) is 0 Å². The summed E-state index contributed by atoms with van der Waals surface area (Å²) in [6, 6.07) is 1.18. The number of rotatable bonds is 2. The lowest BCUT2D eigenvalue weighted by Crippen LogP contribution is -2.46. The predicted octanol–water partition coefficient (Wildman–Crippen LogP) is 1.12. The average molecular weight is 398 g/mol. The highest BCUT2D eigenvalue weighted by atomic mass is 35.5. The number of hydrogen-bond acceptors (Lipinski definition) is 5. The van der Waals surface area contributed by atoms with Gasteiger partial charge in [-0.3, -0.25) is 9.36 Å². The summed E-state index contributed by atoms with van der Waals surface area (Å²) in [5.74, 6) is 5.52. The van der Waals surface area contributed by atoms with E-state index in [0.717, 1.165) is 18.5 Å². The quantitative estimate of drug-likeness (QED) is 0.740. The molecule has 2 aliphatic rings. The van der Waals surface area contributed by atoms with Crippen LogP contribution >= 0.6 is 12.4 Å². The van der Waals surface area contributed by atoms with Gasteiger partial charge < -0.3 is 16.5 Å². The van der Waals surface area contributed by atoms with Gasteiger partial charge in [0, 0.05) is 30.7 Å². The summed E-state index contributed by atoms with van der Waals surface area (Å²) in [5, 5.41) is 0.165. The Morgan fingerprint density at radius 1 is 1.30 bits per heavy atom. The van der Waals surface area contributed by atoms with Gasteiger partial charge in [-0.2, -0.15) is 4.68 Å². The third-order valence-electron chi connectivity index (χ3n) is 5.96. The van der Waals surface area contributed by atoms with Crippen molar-refractivity contribution in [3.05, 3.63) is 38.3 Å². The molecule has 4 rings (SSSR count). The summed E-state index contributed by atoms with van der Waals surface area (Å²) >= 11 is 0. The van der Waals surface area contributed by atoms with Gasteiger partial charge in [-0.05, 0) is 45.1 Å². The Kier molecular flexibility index (Phi) is 4.98. The molecule has 0 radical (unpaired) electrons. The Morgan fingerprint density at radius 2 is 2.00 bits per heavy atom. The first kappa shape index (κ1) is 19.7. The number of benzene rings is 1. The van der Waals surface area contributed by atoms with Gasteiger partial charge in [0.2, 0.25) is 0 Å². The Labute approximate surface area is 162 Å². The van der Waals surface area contributed by atoms with Crippen LogP contribution in [0.1, 0.15) is 38.3 Å². The van der Waals surface area contributed by atoms with Crippen LogP contribution in [0.15, 0.2) is 15.7 Å². The van der Waals surface area contributed by atoms with Crippen molar-refractivity contribution in [3.63, 3.8) is 0 Å². The Bertz CT molecular complexity index is 1020. The van der Waals surface area contributed by atoms with Crippen molar-refractivity contribution in [2.75, 3.05) is 23.8 Å². The van der Waals surface area contributed by atoms with E-state index in [-0.39, 0.29) is 29.9 Å². The number of nitrogen functional groups attached to an aromatic ring is 1. The van der Waals surface area contributed by atoms with E-state index in [9.17, 15) is 9.59 Å². The van der Waals surface area contributed by atoms with Crippen molar-refractivity contribution >= 4 is 29.0 Å². The van der Waals surface area contributed by atoms with Crippen LogP contribution in [0.5, 0.6) is 0 Å². The number of anilines is 1. The molecule has 2 aromatic rings. The predicted molar refractivity (Wildman–Crippen MR) is 107 cm³/mol. The maximum atomic E-state index is 15.1. The highest BCUT2D eigenvalue weighted by Crippen LogP contribution is 2.38. The summed E-state index contributed by atoms with van der Waals surface area (Å²) in [4.78, 5) is 27.0. The van der Waals surface area contributed by atoms with Crippen LogP contribution in [0.25, 0.3) is 10.9 Å². The van der Waals surface area contributed by atoms with Gasteiger partial charge >= 0.3 is 5.69 Å². The largest absolute Gasteiger partial charge is 0.369 e. The number of halogens is 2. The molecular formula is C18H25ClFN5O2. The van der Waals surface area contributed by atoms with Gasteiger partial charge in [-0.25, -0.2) is 9.18 Å². The van der Waals surface area contributed by atoms with Crippen molar-refractivity contribution in [1.29, 1.82) is 0 Å². The third-order valence-corrected chi connectivity index (χ3v) is 5.96. The lowest BCUT2D eigenvalue weighted by Gasteiger charge is -2.30. The molecule has 3 heterocycles. The summed E-state index contributed by atoms with van der Waals surface area (Å²) in [7, 11) is 0. The maximum absolute atomic E-state index is 15.1. The van der Waals surface area contributed by atoms with Crippen LogP contribution in [0, 0.1) is 11.7 Å². The molecule has 9 heteroatoms. The van der Waals surface area contributed by atoms with E-state index in [4.69, 9.17) is 11.6 Å². The summed E-state index contributed by atoms with van der Waals surface area (Å²) in [6.07, 6.45) is 2.22. The smallest absolute Gasteiger partial charge is 0.350 e. The zero-order valence-corrected chi connectivity index (χ0v) is 16.3. The third kappa shape index (κ3) is 2.82. The topological polar surface area (TPSA) is 99.3 Å². The van der Waals surface area contributed by atoms with Gasteiger partial charge in [0.15, 0.2) is 0 Å². The summed E-state index contributed by atoms with van der Waals surface area (Å²) in [6.45, 7) is 5.29. The Hall–Kier alpha value is -2.06.